The number of hydrogen-bond acceptors (Lipinski definition) is 5. The monoisotopic (exact) mass is 375 g/mol. The van der Waals surface area contributed by atoms with Gasteiger partial charge in [0.15, 0.2) is 9.84 Å². The van der Waals surface area contributed by atoms with E-state index in [1.807, 2.05) is 0 Å². The molecule has 1 aromatic rings. The van der Waals surface area contributed by atoms with Gasteiger partial charge in [-0.1, -0.05) is 0 Å². The lowest BCUT2D eigenvalue weighted by Gasteiger charge is -2.27. The topological polar surface area (TPSA) is 78.5 Å². The van der Waals surface area contributed by atoms with Crippen LogP contribution in [0.15, 0.2) is 29.2 Å². The van der Waals surface area contributed by atoms with Crippen molar-refractivity contribution in [3.8, 4) is 0 Å². The largest absolute Gasteiger partial charge is 0.351 e. The predicted molar refractivity (Wildman–Crippen MR) is 97.7 cm³/mol. The van der Waals surface area contributed by atoms with E-state index in [0.29, 0.717) is 12.1 Å². The Bertz CT molecular complexity index is 626. The van der Waals surface area contributed by atoms with Crippen LogP contribution >= 0.6 is 12.4 Å². The van der Waals surface area contributed by atoms with E-state index in [1.165, 1.54) is 12.1 Å². The van der Waals surface area contributed by atoms with Crippen molar-refractivity contribution in [1.82, 2.24) is 15.5 Å². The Labute approximate surface area is 150 Å². The summed E-state index contributed by atoms with van der Waals surface area (Å²) in [6, 6.07) is 6.13. The van der Waals surface area contributed by atoms with Crippen molar-refractivity contribution in [2.75, 3.05) is 39.3 Å². The van der Waals surface area contributed by atoms with Gasteiger partial charge in [0.25, 0.3) is 5.91 Å². The molecule has 1 fully saturated rings. The number of piperazine rings is 1. The van der Waals surface area contributed by atoms with Crippen LogP contribution < -0.4 is 10.6 Å². The summed E-state index contributed by atoms with van der Waals surface area (Å²) in [5, 5.41) is 5.69. The zero-order chi connectivity index (χ0) is 16.9. The van der Waals surface area contributed by atoms with Crippen molar-refractivity contribution in [2.24, 2.45) is 0 Å². The molecule has 1 aliphatic rings. The number of nitrogens with one attached hydrogen (secondary N) is 2. The van der Waals surface area contributed by atoms with Crippen LogP contribution in [0.4, 0.5) is 0 Å². The minimum Gasteiger partial charge on any atom is -0.351 e. The summed E-state index contributed by atoms with van der Waals surface area (Å²) in [4.78, 5) is 14.6. The highest BCUT2D eigenvalue weighted by molar-refractivity contribution is 7.92. The van der Waals surface area contributed by atoms with Crippen LogP contribution in [-0.4, -0.2) is 63.7 Å². The van der Waals surface area contributed by atoms with Crippen LogP contribution in [0.25, 0.3) is 0 Å². The Morgan fingerprint density at radius 2 is 1.79 bits per heavy atom. The average molecular weight is 376 g/mol. The van der Waals surface area contributed by atoms with Crippen LogP contribution in [0.1, 0.15) is 24.2 Å². The van der Waals surface area contributed by atoms with Crippen molar-refractivity contribution in [1.29, 1.82) is 0 Å². The third-order valence-electron chi connectivity index (χ3n) is 3.99. The van der Waals surface area contributed by atoms with Crippen LogP contribution in [0.2, 0.25) is 0 Å². The van der Waals surface area contributed by atoms with Crippen LogP contribution in [0.5, 0.6) is 0 Å². The molecule has 0 radical (unpaired) electrons. The van der Waals surface area contributed by atoms with Gasteiger partial charge in [0.05, 0.1) is 10.1 Å². The fraction of sp³-hybridized carbons (Fsp3) is 0.562. The second-order valence-electron chi connectivity index (χ2n) is 5.97. The lowest BCUT2D eigenvalue weighted by Crippen LogP contribution is -2.46. The Morgan fingerprint density at radius 3 is 2.33 bits per heavy atom. The van der Waals surface area contributed by atoms with Gasteiger partial charge in [0.2, 0.25) is 0 Å². The second kappa shape index (κ2) is 9.36. The lowest BCUT2D eigenvalue weighted by atomic mass is 10.2. The Balaban J connectivity index is 0.00000288. The molecule has 2 N–H and O–H groups in total. The van der Waals surface area contributed by atoms with E-state index in [1.54, 1.807) is 26.0 Å². The quantitative estimate of drug-likeness (QED) is 0.773. The zero-order valence-electron chi connectivity index (χ0n) is 14.1. The van der Waals surface area contributed by atoms with Gasteiger partial charge in [-0.3, -0.25) is 9.69 Å². The highest BCUT2D eigenvalue weighted by atomic mass is 35.5. The number of benzene rings is 1. The van der Waals surface area contributed by atoms with E-state index in [9.17, 15) is 13.2 Å². The molecular weight excluding hydrogens is 350 g/mol. The number of amides is 1. The Hall–Kier alpha value is -1.15. The first-order chi connectivity index (χ1) is 10.9. The minimum atomic E-state index is -3.30. The number of hydrogen-bond donors (Lipinski definition) is 2. The number of halogens is 1. The van der Waals surface area contributed by atoms with E-state index in [-0.39, 0.29) is 23.2 Å². The molecule has 0 spiro atoms. The number of rotatable bonds is 6. The molecular formula is C16H26ClN3O3S. The lowest BCUT2D eigenvalue weighted by molar-refractivity contribution is 0.0947. The summed E-state index contributed by atoms with van der Waals surface area (Å²) in [7, 11) is -3.30. The third-order valence-corrected chi connectivity index (χ3v) is 6.16. The molecule has 0 saturated carbocycles. The first kappa shape index (κ1) is 20.9. The molecule has 2 rings (SSSR count). The van der Waals surface area contributed by atoms with E-state index < -0.39 is 15.1 Å². The van der Waals surface area contributed by atoms with Gasteiger partial charge in [0.1, 0.15) is 0 Å². The molecule has 24 heavy (non-hydrogen) atoms. The van der Waals surface area contributed by atoms with Gasteiger partial charge in [-0.25, -0.2) is 8.42 Å². The van der Waals surface area contributed by atoms with Crippen LogP contribution in [0.3, 0.4) is 0 Å². The van der Waals surface area contributed by atoms with E-state index >= 15 is 0 Å². The average Bonchev–Trinajstić information content (AvgIpc) is 2.55. The van der Waals surface area contributed by atoms with E-state index in [4.69, 9.17) is 0 Å². The zero-order valence-corrected chi connectivity index (χ0v) is 15.8. The Morgan fingerprint density at radius 1 is 1.21 bits per heavy atom. The Kier molecular flexibility index (Phi) is 8.15. The molecule has 8 heteroatoms. The van der Waals surface area contributed by atoms with Crippen LogP contribution in [-0.2, 0) is 9.84 Å². The molecule has 1 heterocycles. The van der Waals surface area contributed by atoms with Crippen molar-refractivity contribution >= 4 is 28.2 Å². The summed E-state index contributed by atoms with van der Waals surface area (Å²) in [5.41, 5.74) is 0.480. The highest BCUT2D eigenvalue weighted by Crippen LogP contribution is 2.16. The molecule has 1 aromatic carbocycles. The fourth-order valence-corrected chi connectivity index (χ4v) is 3.49. The van der Waals surface area contributed by atoms with Gasteiger partial charge in [-0.15, -0.1) is 12.4 Å². The molecule has 1 saturated heterocycles. The molecule has 6 nitrogen and oxygen atoms in total. The molecule has 1 aliphatic heterocycles. The molecule has 0 aromatic heterocycles. The summed E-state index contributed by atoms with van der Waals surface area (Å²) in [6.45, 7) is 8.67. The molecule has 0 atom stereocenters. The maximum atomic E-state index is 12.1. The maximum Gasteiger partial charge on any atom is 0.251 e. The molecule has 136 valence electrons. The van der Waals surface area contributed by atoms with Gasteiger partial charge in [-0.05, 0) is 38.1 Å². The van der Waals surface area contributed by atoms with Gasteiger partial charge in [-0.2, -0.15) is 0 Å². The summed E-state index contributed by atoms with van der Waals surface area (Å²) in [5.74, 6) is -0.173. The normalized spacial score (nSPS) is 15.8. The first-order valence-electron chi connectivity index (χ1n) is 7.96. The predicted octanol–water partition coefficient (Wildman–Crippen LogP) is 0.926. The summed E-state index contributed by atoms with van der Waals surface area (Å²) in [6.07, 6.45) is 0. The SMILES string of the molecule is CC(C)S(=O)(=O)c1ccc(C(=O)NCCN2CCNCC2)cc1.Cl. The molecule has 0 aliphatic carbocycles. The van der Waals surface area contributed by atoms with Gasteiger partial charge >= 0.3 is 0 Å². The van der Waals surface area contributed by atoms with Gasteiger partial charge < -0.3 is 10.6 Å². The van der Waals surface area contributed by atoms with Crippen molar-refractivity contribution in [3.05, 3.63) is 29.8 Å². The fourth-order valence-electron chi connectivity index (χ4n) is 2.43. The smallest absolute Gasteiger partial charge is 0.251 e. The summed E-state index contributed by atoms with van der Waals surface area (Å²) >= 11 is 0. The summed E-state index contributed by atoms with van der Waals surface area (Å²) < 4.78 is 24.1. The van der Waals surface area contributed by atoms with Gasteiger partial charge in [0, 0.05) is 44.8 Å². The third kappa shape index (κ3) is 5.44. The van der Waals surface area contributed by atoms with Crippen molar-refractivity contribution in [2.45, 2.75) is 24.0 Å². The molecule has 0 bridgehead atoms. The number of sulfone groups is 1. The standard InChI is InChI=1S/C16H25N3O3S.ClH/c1-13(2)23(21,22)15-5-3-14(4-6-15)16(20)18-9-12-19-10-7-17-8-11-19;/h3-6,13,17H,7-12H2,1-2H3,(H,18,20);1H. The molecule has 1 amide bonds. The van der Waals surface area contributed by atoms with Crippen molar-refractivity contribution in [3.63, 3.8) is 0 Å². The van der Waals surface area contributed by atoms with Crippen molar-refractivity contribution < 1.29 is 13.2 Å². The number of carbonyl (C=O) groups excluding carboxylic acids is 1. The maximum absolute atomic E-state index is 12.1. The minimum absolute atomic E-state index is 0. The number of nitrogens with zero attached hydrogens (tertiary/aromatic N) is 1. The second-order valence-corrected chi connectivity index (χ2v) is 8.47. The van der Waals surface area contributed by atoms with E-state index in [2.05, 4.69) is 15.5 Å². The van der Waals surface area contributed by atoms with Crippen LogP contribution in [0, 0.1) is 0 Å². The first-order valence-corrected chi connectivity index (χ1v) is 9.51. The highest BCUT2D eigenvalue weighted by Gasteiger charge is 2.19. The molecule has 0 unspecified atom stereocenters. The number of carbonyl (C=O) groups is 1. The van der Waals surface area contributed by atoms with E-state index in [0.717, 1.165) is 32.7 Å².